The number of nitrogens with zero attached hydrogens (tertiary/aromatic N) is 1. The Balaban J connectivity index is 2.70. The second-order valence-corrected chi connectivity index (χ2v) is 5.11. The predicted octanol–water partition coefficient (Wildman–Crippen LogP) is 4.13. The molecule has 0 radical (unpaired) electrons. The molecule has 2 rings (SSSR count). The number of phenols is 2. The number of rotatable bonds is 6. The van der Waals surface area contributed by atoms with Crippen LogP contribution in [0.2, 0.25) is 0 Å². The Morgan fingerprint density at radius 1 is 1.00 bits per heavy atom. The second-order valence-electron chi connectivity index (χ2n) is 5.11. The van der Waals surface area contributed by atoms with Gasteiger partial charge in [0, 0.05) is 17.2 Å². The van der Waals surface area contributed by atoms with Crippen LogP contribution in [0.25, 0.3) is 11.1 Å². The Hall–Kier alpha value is -3.08. The molecule has 2 aromatic carbocycles. The van der Waals surface area contributed by atoms with E-state index in [1.807, 2.05) is 0 Å². The SMILES string of the molecule is C=CCc1ccc(O)c(-c2cc(CC=C)cc([N+](=O)[O-])c2O)c1. The molecule has 0 amide bonds. The Bertz CT molecular complexity index is 781. The van der Waals surface area contributed by atoms with Crippen molar-refractivity contribution in [3.05, 3.63) is 76.9 Å². The molecule has 0 atom stereocenters. The van der Waals surface area contributed by atoms with Gasteiger partial charge in [0.1, 0.15) is 5.75 Å². The van der Waals surface area contributed by atoms with E-state index in [1.54, 1.807) is 30.4 Å². The minimum absolute atomic E-state index is 0.0573. The zero-order chi connectivity index (χ0) is 17.0. The molecule has 0 fully saturated rings. The number of nitro benzene ring substituents is 1. The molecule has 0 aliphatic carbocycles. The summed E-state index contributed by atoms with van der Waals surface area (Å²) in [6.45, 7) is 7.28. The summed E-state index contributed by atoms with van der Waals surface area (Å²) in [5.41, 5.74) is 1.68. The molecule has 0 saturated heterocycles. The number of aromatic hydroxyl groups is 2. The molecular weight excluding hydrogens is 294 g/mol. The first-order chi connectivity index (χ1) is 11.0. The maximum absolute atomic E-state index is 11.2. The Kier molecular flexibility index (Phi) is 4.81. The molecule has 0 spiro atoms. The minimum atomic E-state index is -0.643. The molecule has 23 heavy (non-hydrogen) atoms. The summed E-state index contributed by atoms with van der Waals surface area (Å²) in [7, 11) is 0. The third-order valence-electron chi connectivity index (χ3n) is 3.46. The van der Waals surface area contributed by atoms with E-state index in [9.17, 15) is 20.3 Å². The van der Waals surface area contributed by atoms with Crippen molar-refractivity contribution in [3.63, 3.8) is 0 Å². The summed E-state index contributed by atoms with van der Waals surface area (Å²) in [6, 6.07) is 7.86. The van der Waals surface area contributed by atoms with Gasteiger partial charge in [0.25, 0.3) is 0 Å². The van der Waals surface area contributed by atoms with E-state index in [0.29, 0.717) is 24.0 Å². The average molecular weight is 311 g/mol. The lowest BCUT2D eigenvalue weighted by molar-refractivity contribution is -0.385. The summed E-state index contributed by atoms with van der Waals surface area (Å²) in [5.74, 6) is -0.521. The molecule has 0 aromatic heterocycles. The molecule has 2 aromatic rings. The third kappa shape index (κ3) is 3.40. The number of benzene rings is 2. The van der Waals surface area contributed by atoms with Crippen LogP contribution in [0.4, 0.5) is 5.69 Å². The average Bonchev–Trinajstić information content (AvgIpc) is 2.51. The summed E-state index contributed by atoms with van der Waals surface area (Å²) >= 11 is 0. The highest BCUT2D eigenvalue weighted by atomic mass is 16.6. The molecule has 5 nitrogen and oxygen atoms in total. The van der Waals surface area contributed by atoms with Crippen molar-refractivity contribution in [2.24, 2.45) is 0 Å². The van der Waals surface area contributed by atoms with Gasteiger partial charge in [-0.3, -0.25) is 10.1 Å². The van der Waals surface area contributed by atoms with Crippen LogP contribution in [0.3, 0.4) is 0 Å². The van der Waals surface area contributed by atoms with Crippen molar-refractivity contribution in [2.75, 3.05) is 0 Å². The summed E-state index contributed by atoms with van der Waals surface area (Å²) in [6.07, 6.45) is 4.34. The highest BCUT2D eigenvalue weighted by molar-refractivity contribution is 5.80. The Morgan fingerprint density at radius 3 is 2.22 bits per heavy atom. The van der Waals surface area contributed by atoms with Crippen LogP contribution in [0.1, 0.15) is 11.1 Å². The molecule has 0 heterocycles. The van der Waals surface area contributed by atoms with Gasteiger partial charge in [0.15, 0.2) is 0 Å². The topological polar surface area (TPSA) is 83.6 Å². The van der Waals surface area contributed by atoms with Gasteiger partial charge >= 0.3 is 5.69 Å². The third-order valence-corrected chi connectivity index (χ3v) is 3.46. The fourth-order valence-corrected chi connectivity index (χ4v) is 2.40. The highest BCUT2D eigenvalue weighted by Crippen LogP contribution is 2.42. The quantitative estimate of drug-likeness (QED) is 0.477. The zero-order valence-electron chi connectivity index (χ0n) is 12.5. The monoisotopic (exact) mass is 311 g/mol. The van der Waals surface area contributed by atoms with Crippen LogP contribution in [0.5, 0.6) is 11.5 Å². The zero-order valence-corrected chi connectivity index (χ0v) is 12.5. The van der Waals surface area contributed by atoms with Crippen LogP contribution in [-0.2, 0) is 12.8 Å². The molecule has 0 unspecified atom stereocenters. The molecule has 2 N–H and O–H groups in total. The standard InChI is InChI=1S/C18H17NO4/c1-3-5-12-7-8-17(20)14(9-12)15-10-13(6-4-2)11-16(18(15)21)19(22)23/h3-4,7-11,20-21H,1-2,5-6H2. The van der Waals surface area contributed by atoms with Crippen molar-refractivity contribution in [3.8, 4) is 22.6 Å². The summed E-state index contributed by atoms with van der Waals surface area (Å²) < 4.78 is 0. The molecule has 0 saturated carbocycles. The molecule has 0 bridgehead atoms. The van der Waals surface area contributed by atoms with Crippen LogP contribution in [0, 0.1) is 10.1 Å². The van der Waals surface area contributed by atoms with Crippen molar-refractivity contribution in [1.82, 2.24) is 0 Å². The second kappa shape index (κ2) is 6.79. The van der Waals surface area contributed by atoms with Crippen LogP contribution in [0.15, 0.2) is 55.6 Å². The number of phenolic OH excluding ortho intramolecular Hbond substituents is 2. The summed E-state index contributed by atoms with van der Waals surface area (Å²) in [4.78, 5) is 10.5. The molecule has 0 aliphatic rings. The van der Waals surface area contributed by atoms with Gasteiger partial charge in [0.05, 0.1) is 4.92 Å². The summed E-state index contributed by atoms with van der Waals surface area (Å²) in [5, 5.41) is 31.5. The van der Waals surface area contributed by atoms with Gasteiger partial charge < -0.3 is 10.2 Å². The van der Waals surface area contributed by atoms with E-state index in [1.165, 1.54) is 12.1 Å². The minimum Gasteiger partial charge on any atom is -0.507 e. The highest BCUT2D eigenvalue weighted by Gasteiger charge is 2.21. The van der Waals surface area contributed by atoms with Gasteiger partial charge in [0.2, 0.25) is 5.75 Å². The maximum Gasteiger partial charge on any atom is 0.311 e. The fraction of sp³-hybridized carbons (Fsp3) is 0.111. The van der Waals surface area contributed by atoms with E-state index in [0.717, 1.165) is 5.56 Å². The maximum atomic E-state index is 11.2. The van der Waals surface area contributed by atoms with Crippen LogP contribution >= 0.6 is 0 Å². The smallest absolute Gasteiger partial charge is 0.311 e. The molecule has 5 heteroatoms. The van der Waals surface area contributed by atoms with Gasteiger partial charge in [-0.2, -0.15) is 0 Å². The van der Waals surface area contributed by atoms with Crippen LogP contribution < -0.4 is 0 Å². The van der Waals surface area contributed by atoms with Gasteiger partial charge in [-0.05, 0) is 42.2 Å². The number of hydrogen-bond donors (Lipinski definition) is 2. The number of nitro groups is 1. The Labute approximate surface area is 134 Å². The van der Waals surface area contributed by atoms with Gasteiger partial charge in [-0.1, -0.05) is 18.2 Å². The lowest BCUT2D eigenvalue weighted by Crippen LogP contribution is -1.94. The fourth-order valence-electron chi connectivity index (χ4n) is 2.40. The first kappa shape index (κ1) is 16.3. The largest absolute Gasteiger partial charge is 0.507 e. The van der Waals surface area contributed by atoms with Crippen molar-refractivity contribution >= 4 is 5.69 Å². The van der Waals surface area contributed by atoms with Crippen molar-refractivity contribution in [1.29, 1.82) is 0 Å². The Morgan fingerprint density at radius 2 is 1.61 bits per heavy atom. The van der Waals surface area contributed by atoms with E-state index in [-0.39, 0.29) is 11.3 Å². The van der Waals surface area contributed by atoms with Gasteiger partial charge in [-0.15, -0.1) is 13.2 Å². The van der Waals surface area contributed by atoms with E-state index < -0.39 is 16.4 Å². The first-order valence-corrected chi connectivity index (χ1v) is 7.02. The van der Waals surface area contributed by atoms with Crippen molar-refractivity contribution < 1.29 is 15.1 Å². The predicted molar refractivity (Wildman–Crippen MR) is 89.7 cm³/mol. The lowest BCUT2D eigenvalue weighted by Gasteiger charge is -2.11. The van der Waals surface area contributed by atoms with E-state index in [4.69, 9.17) is 0 Å². The molecule has 118 valence electrons. The van der Waals surface area contributed by atoms with E-state index >= 15 is 0 Å². The first-order valence-electron chi connectivity index (χ1n) is 7.02. The van der Waals surface area contributed by atoms with Gasteiger partial charge in [-0.25, -0.2) is 0 Å². The number of hydrogen-bond acceptors (Lipinski definition) is 4. The van der Waals surface area contributed by atoms with E-state index in [2.05, 4.69) is 13.2 Å². The normalized spacial score (nSPS) is 10.3. The van der Waals surface area contributed by atoms with Crippen LogP contribution in [-0.4, -0.2) is 15.1 Å². The number of allylic oxidation sites excluding steroid dienone is 2. The molecule has 0 aliphatic heterocycles. The lowest BCUT2D eigenvalue weighted by atomic mass is 9.96. The molecular formula is C18H17NO4. The van der Waals surface area contributed by atoms with Crippen molar-refractivity contribution in [2.45, 2.75) is 12.8 Å².